The second-order valence-electron chi connectivity index (χ2n) is 3.27. The molecule has 2 aromatic carbocycles. The highest BCUT2D eigenvalue weighted by Gasteiger charge is 2.01. The molecule has 0 bridgehead atoms. The Kier molecular flexibility index (Phi) is 4.50. The van der Waals surface area contributed by atoms with Crippen molar-refractivity contribution in [3.05, 3.63) is 51.4 Å². The van der Waals surface area contributed by atoms with E-state index in [1.807, 2.05) is 30.3 Å². The highest BCUT2D eigenvalue weighted by atomic mass is 79.9. The Bertz CT molecular complexity index is 494. The standard InChI is InChI=1S/C12H8Br2O2S/c13-8-5-9(14)7-11(6-8)16-10-1-3-12(17-15)4-2-10/h1-7,15H. The van der Waals surface area contributed by atoms with Crippen molar-refractivity contribution in [1.82, 2.24) is 0 Å². The first-order valence-electron chi connectivity index (χ1n) is 4.73. The Morgan fingerprint density at radius 2 is 1.47 bits per heavy atom. The fourth-order valence-electron chi connectivity index (χ4n) is 1.29. The minimum absolute atomic E-state index is 0.718. The van der Waals surface area contributed by atoms with Crippen molar-refractivity contribution in [2.24, 2.45) is 0 Å². The molecule has 0 unspecified atom stereocenters. The van der Waals surface area contributed by atoms with Gasteiger partial charge in [-0.2, -0.15) is 0 Å². The lowest BCUT2D eigenvalue weighted by molar-refractivity contribution is 0.481. The minimum atomic E-state index is 0.718. The van der Waals surface area contributed by atoms with Gasteiger partial charge in [-0.3, -0.25) is 0 Å². The molecule has 0 aromatic heterocycles. The first kappa shape index (κ1) is 13.0. The summed E-state index contributed by atoms with van der Waals surface area (Å²) in [4.78, 5) is 0.785. The van der Waals surface area contributed by atoms with Crippen molar-refractivity contribution in [2.45, 2.75) is 4.90 Å². The lowest BCUT2D eigenvalue weighted by atomic mass is 10.3. The van der Waals surface area contributed by atoms with Crippen LogP contribution in [0, 0.1) is 0 Å². The zero-order chi connectivity index (χ0) is 12.3. The van der Waals surface area contributed by atoms with E-state index in [2.05, 4.69) is 31.9 Å². The Morgan fingerprint density at radius 1 is 0.882 bits per heavy atom. The summed E-state index contributed by atoms with van der Waals surface area (Å²) >= 11 is 7.52. The number of rotatable bonds is 3. The quantitative estimate of drug-likeness (QED) is 0.711. The first-order chi connectivity index (χ1) is 8.17. The summed E-state index contributed by atoms with van der Waals surface area (Å²) in [5.74, 6) is 1.48. The van der Waals surface area contributed by atoms with Gasteiger partial charge in [0.1, 0.15) is 11.5 Å². The smallest absolute Gasteiger partial charge is 0.129 e. The van der Waals surface area contributed by atoms with Crippen LogP contribution in [0.3, 0.4) is 0 Å². The average molecular weight is 376 g/mol. The maximum absolute atomic E-state index is 8.85. The van der Waals surface area contributed by atoms with Gasteiger partial charge in [-0.1, -0.05) is 31.9 Å². The van der Waals surface area contributed by atoms with Crippen molar-refractivity contribution in [1.29, 1.82) is 0 Å². The topological polar surface area (TPSA) is 29.5 Å². The number of halogens is 2. The highest BCUT2D eigenvalue weighted by molar-refractivity contribution is 9.11. The van der Waals surface area contributed by atoms with Crippen LogP contribution in [-0.4, -0.2) is 4.55 Å². The maximum Gasteiger partial charge on any atom is 0.129 e. The Labute approximate surface area is 120 Å². The fraction of sp³-hybridized carbons (Fsp3) is 0. The van der Waals surface area contributed by atoms with E-state index in [9.17, 15) is 0 Å². The summed E-state index contributed by atoms with van der Waals surface area (Å²) in [6.07, 6.45) is 0. The molecule has 1 N–H and O–H groups in total. The predicted octanol–water partition coefficient (Wildman–Crippen LogP) is 5.57. The van der Waals surface area contributed by atoms with E-state index in [1.165, 1.54) is 0 Å². The SMILES string of the molecule is OSc1ccc(Oc2cc(Br)cc(Br)c2)cc1. The van der Waals surface area contributed by atoms with Gasteiger partial charge in [-0.25, -0.2) is 0 Å². The molecule has 0 fully saturated rings. The van der Waals surface area contributed by atoms with Gasteiger partial charge in [0.2, 0.25) is 0 Å². The number of ether oxygens (including phenoxy) is 1. The molecule has 0 radical (unpaired) electrons. The first-order valence-corrected chi connectivity index (χ1v) is 7.09. The number of hydrogen-bond donors (Lipinski definition) is 1. The number of hydrogen-bond acceptors (Lipinski definition) is 3. The summed E-state index contributed by atoms with van der Waals surface area (Å²) in [6, 6.07) is 12.9. The zero-order valence-electron chi connectivity index (χ0n) is 8.56. The summed E-state index contributed by atoms with van der Waals surface area (Å²) in [5, 5.41) is 0. The van der Waals surface area contributed by atoms with Crippen LogP contribution in [0.2, 0.25) is 0 Å². The van der Waals surface area contributed by atoms with Gasteiger partial charge >= 0.3 is 0 Å². The van der Waals surface area contributed by atoms with Crippen LogP contribution in [0.25, 0.3) is 0 Å². The molecule has 0 heterocycles. The van der Waals surface area contributed by atoms with E-state index in [4.69, 9.17) is 9.29 Å². The summed E-state index contributed by atoms with van der Waals surface area (Å²) < 4.78 is 16.4. The van der Waals surface area contributed by atoms with Crippen molar-refractivity contribution in [3.8, 4) is 11.5 Å². The van der Waals surface area contributed by atoms with Crippen LogP contribution in [0.5, 0.6) is 11.5 Å². The molecule has 0 spiro atoms. The lowest BCUT2D eigenvalue weighted by Crippen LogP contribution is -1.84. The normalized spacial score (nSPS) is 10.3. The third kappa shape index (κ3) is 3.74. The van der Waals surface area contributed by atoms with Crippen LogP contribution < -0.4 is 4.74 Å². The monoisotopic (exact) mass is 374 g/mol. The van der Waals surface area contributed by atoms with E-state index in [-0.39, 0.29) is 0 Å². The second kappa shape index (κ2) is 5.91. The van der Waals surface area contributed by atoms with Gasteiger partial charge in [0.05, 0.1) is 0 Å². The molecule has 17 heavy (non-hydrogen) atoms. The summed E-state index contributed by atoms with van der Waals surface area (Å²) in [7, 11) is 0. The van der Waals surface area contributed by atoms with Crippen molar-refractivity contribution >= 4 is 43.9 Å². The van der Waals surface area contributed by atoms with Crippen LogP contribution >= 0.6 is 43.9 Å². The Morgan fingerprint density at radius 3 is 2.00 bits per heavy atom. The predicted molar refractivity (Wildman–Crippen MR) is 76.8 cm³/mol. The maximum atomic E-state index is 8.85. The van der Waals surface area contributed by atoms with E-state index in [0.717, 1.165) is 37.4 Å². The molecule has 0 saturated carbocycles. The van der Waals surface area contributed by atoms with E-state index < -0.39 is 0 Å². The molecule has 0 saturated heterocycles. The van der Waals surface area contributed by atoms with Gasteiger partial charge in [0, 0.05) is 25.9 Å². The summed E-state index contributed by atoms with van der Waals surface area (Å²) in [5.41, 5.74) is 0. The molecular formula is C12H8Br2O2S. The van der Waals surface area contributed by atoms with Crippen molar-refractivity contribution in [2.75, 3.05) is 0 Å². The third-order valence-corrected chi connectivity index (χ3v) is 3.40. The van der Waals surface area contributed by atoms with Crippen molar-refractivity contribution < 1.29 is 9.29 Å². The van der Waals surface area contributed by atoms with Crippen LogP contribution in [0.4, 0.5) is 0 Å². The largest absolute Gasteiger partial charge is 0.457 e. The van der Waals surface area contributed by atoms with Crippen LogP contribution in [0.1, 0.15) is 0 Å². The van der Waals surface area contributed by atoms with Gasteiger partial charge in [0.15, 0.2) is 0 Å². The number of benzene rings is 2. The van der Waals surface area contributed by atoms with Gasteiger partial charge in [-0.15, -0.1) is 0 Å². The van der Waals surface area contributed by atoms with Crippen LogP contribution in [0.15, 0.2) is 56.3 Å². The molecule has 0 atom stereocenters. The van der Waals surface area contributed by atoms with Crippen molar-refractivity contribution in [3.63, 3.8) is 0 Å². The zero-order valence-corrected chi connectivity index (χ0v) is 12.5. The molecule has 0 amide bonds. The molecule has 0 aliphatic rings. The van der Waals surface area contributed by atoms with Gasteiger partial charge in [0.25, 0.3) is 0 Å². The molecule has 0 aliphatic carbocycles. The summed E-state index contributed by atoms with van der Waals surface area (Å²) in [6.45, 7) is 0. The van der Waals surface area contributed by atoms with E-state index in [1.54, 1.807) is 12.1 Å². The molecule has 2 rings (SSSR count). The lowest BCUT2D eigenvalue weighted by Gasteiger charge is -2.07. The molecule has 2 nitrogen and oxygen atoms in total. The average Bonchev–Trinajstić information content (AvgIpc) is 2.28. The third-order valence-electron chi connectivity index (χ3n) is 2.00. The van der Waals surface area contributed by atoms with E-state index >= 15 is 0 Å². The molecule has 2 aromatic rings. The Balaban J connectivity index is 2.19. The second-order valence-corrected chi connectivity index (χ2v) is 5.76. The Hall–Kier alpha value is -0.490. The van der Waals surface area contributed by atoms with E-state index in [0.29, 0.717) is 0 Å². The fourth-order valence-corrected chi connectivity index (χ4v) is 2.80. The minimum Gasteiger partial charge on any atom is -0.457 e. The highest BCUT2D eigenvalue weighted by Crippen LogP contribution is 2.29. The molecule has 0 aliphatic heterocycles. The van der Waals surface area contributed by atoms with Gasteiger partial charge in [-0.05, 0) is 42.5 Å². The molecule has 88 valence electrons. The molecular weight excluding hydrogens is 368 g/mol. The van der Waals surface area contributed by atoms with Gasteiger partial charge < -0.3 is 9.29 Å². The van der Waals surface area contributed by atoms with Crippen LogP contribution in [-0.2, 0) is 0 Å². The molecule has 5 heteroatoms.